The van der Waals surface area contributed by atoms with E-state index in [0.29, 0.717) is 43.6 Å². The number of morpholine rings is 1. The van der Waals surface area contributed by atoms with E-state index in [-0.39, 0.29) is 11.3 Å². The first-order valence-corrected chi connectivity index (χ1v) is 13.2. The number of likely N-dealkylation sites (tertiary alicyclic amines) is 1. The molecule has 37 heavy (non-hydrogen) atoms. The molecule has 0 bridgehead atoms. The molecule has 2 aromatic carbocycles. The normalized spacial score (nSPS) is 20.1. The molecule has 7 heteroatoms. The highest BCUT2D eigenvalue weighted by Gasteiger charge is 2.46. The van der Waals surface area contributed by atoms with Crippen LogP contribution in [0.5, 0.6) is 5.75 Å². The second-order valence-corrected chi connectivity index (χ2v) is 10.0. The molecule has 2 aromatic rings. The molecule has 0 saturated carbocycles. The summed E-state index contributed by atoms with van der Waals surface area (Å²) in [5.41, 5.74) is 3.44. The van der Waals surface area contributed by atoms with Gasteiger partial charge in [0.1, 0.15) is 11.5 Å². The summed E-state index contributed by atoms with van der Waals surface area (Å²) in [4.78, 5) is 30.6. The number of ketones is 1. The lowest BCUT2D eigenvalue weighted by molar-refractivity contribution is -0.140. The van der Waals surface area contributed by atoms with Crippen LogP contribution in [0.1, 0.15) is 61.4 Å². The Hall–Kier alpha value is -3.16. The van der Waals surface area contributed by atoms with E-state index in [9.17, 15) is 14.7 Å². The van der Waals surface area contributed by atoms with Gasteiger partial charge in [0.25, 0.3) is 11.7 Å². The zero-order chi connectivity index (χ0) is 26.5. The Kier molecular flexibility index (Phi) is 8.67. The van der Waals surface area contributed by atoms with Gasteiger partial charge in [-0.3, -0.25) is 14.5 Å². The number of aryl methyl sites for hydroxylation is 1. The molecule has 198 valence electrons. The number of nitrogens with zero attached hydrogens (tertiary/aromatic N) is 2. The Morgan fingerprint density at radius 3 is 2.41 bits per heavy atom. The average Bonchev–Trinajstić information content (AvgIpc) is 3.14. The highest BCUT2D eigenvalue weighted by Crippen LogP contribution is 2.40. The molecule has 2 aliphatic heterocycles. The summed E-state index contributed by atoms with van der Waals surface area (Å²) in [7, 11) is 0. The summed E-state index contributed by atoms with van der Waals surface area (Å²) in [6, 6.07) is 12.7. The first kappa shape index (κ1) is 26.9. The van der Waals surface area contributed by atoms with E-state index >= 15 is 0 Å². The first-order valence-electron chi connectivity index (χ1n) is 13.2. The number of hydrogen-bond donors (Lipinski definition) is 1. The van der Waals surface area contributed by atoms with E-state index in [1.54, 1.807) is 17.0 Å². The Morgan fingerprint density at radius 1 is 1.08 bits per heavy atom. The van der Waals surface area contributed by atoms with Gasteiger partial charge in [0, 0.05) is 31.7 Å². The van der Waals surface area contributed by atoms with Crippen molar-refractivity contribution in [2.75, 3.05) is 46.0 Å². The molecule has 2 saturated heterocycles. The quantitative estimate of drug-likeness (QED) is 0.303. The third-order valence-corrected chi connectivity index (χ3v) is 7.20. The van der Waals surface area contributed by atoms with Crippen molar-refractivity contribution in [2.24, 2.45) is 0 Å². The minimum atomic E-state index is -0.643. The van der Waals surface area contributed by atoms with Gasteiger partial charge < -0.3 is 19.5 Å². The average molecular weight is 507 g/mol. The Balaban J connectivity index is 1.70. The van der Waals surface area contributed by atoms with Gasteiger partial charge >= 0.3 is 0 Å². The third-order valence-electron chi connectivity index (χ3n) is 7.20. The molecule has 1 atom stereocenters. The lowest BCUT2D eigenvalue weighted by Gasteiger charge is -2.29. The number of ether oxygens (including phenoxy) is 2. The van der Waals surface area contributed by atoms with E-state index in [4.69, 9.17) is 9.47 Å². The number of rotatable bonds is 9. The number of hydrogen-bond acceptors (Lipinski definition) is 6. The number of amides is 1. The Bertz CT molecular complexity index is 1150. The summed E-state index contributed by atoms with van der Waals surface area (Å²) in [5, 5.41) is 11.4. The molecule has 2 fully saturated rings. The molecule has 0 aliphatic carbocycles. The van der Waals surface area contributed by atoms with Crippen LogP contribution in [0, 0.1) is 6.92 Å². The standard InChI is InChI=1S/C30H38N2O5/c1-5-37-24-11-12-25(21(4)19-24)28(33)26-27(23-9-7-22(8-10-23)20(2)3)32(30(35)29(26)34)14-6-13-31-15-17-36-18-16-31/h7-12,19-20,27,33H,5-6,13-18H2,1-4H3/b28-26-. The fraction of sp³-hybridized carbons (Fsp3) is 0.467. The van der Waals surface area contributed by atoms with Gasteiger partial charge in [0.2, 0.25) is 0 Å². The number of carbonyl (C=O) groups is 2. The molecule has 4 rings (SSSR count). The smallest absolute Gasteiger partial charge is 0.295 e. The minimum Gasteiger partial charge on any atom is -0.507 e. The Labute approximate surface area is 219 Å². The monoisotopic (exact) mass is 506 g/mol. The van der Waals surface area contributed by atoms with Gasteiger partial charge in [0.15, 0.2) is 0 Å². The molecular weight excluding hydrogens is 468 g/mol. The van der Waals surface area contributed by atoms with Crippen LogP contribution in [0.2, 0.25) is 0 Å². The largest absolute Gasteiger partial charge is 0.507 e. The number of benzene rings is 2. The van der Waals surface area contributed by atoms with Crippen LogP contribution in [0.4, 0.5) is 0 Å². The second-order valence-electron chi connectivity index (χ2n) is 10.0. The maximum absolute atomic E-state index is 13.4. The van der Waals surface area contributed by atoms with E-state index in [2.05, 4.69) is 18.7 Å². The van der Waals surface area contributed by atoms with Crippen LogP contribution >= 0.6 is 0 Å². The summed E-state index contributed by atoms with van der Waals surface area (Å²) in [5.74, 6) is -0.297. The van der Waals surface area contributed by atoms with Crippen LogP contribution in [-0.4, -0.2) is 72.6 Å². The lowest BCUT2D eigenvalue weighted by Crippen LogP contribution is -2.38. The van der Waals surface area contributed by atoms with Crippen LogP contribution < -0.4 is 4.74 Å². The van der Waals surface area contributed by atoms with Crippen LogP contribution in [0.3, 0.4) is 0 Å². The molecule has 0 radical (unpaired) electrons. The zero-order valence-electron chi connectivity index (χ0n) is 22.3. The molecule has 1 N–H and O–H groups in total. The predicted molar refractivity (Wildman–Crippen MR) is 144 cm³/mol. The molecule has 7 nitrogen and oxygen atoms in total. The second kappa shape index (κ2) is 11.9. The highest BCUT2D eigenvalue weighted by atomic mass is 16.5. The topological polar surface area (TPSA) is 79.3 Å². The van der Waals surface area contributed by atoms with Crippen molar-refractivity contribution in [3.63, 3.8) is 0 Å². The minimum absolute atomic E-state index is 0.140. The molecular formula is C30H38N2O5. The summed E-state index contributed by atoms with van der Waals surface area (Å²) < 4.78 is 11.0. The molecule has 1 unspecified atom stereocenters. The van der Waals surface area contributed by atoms with Crippen molar-refractivity contribution in [1.82, 2.24) is 9.80 Å². The zero-order valence-corrected chi connectivity index (χ0v) is 22.3. The maximum Gasteiger partial charge on any atom is 0.295 e. The van der Waals surface area contributed by atoms with Gasteiger partial charge in [-0.05, 0) is 61.1 Å². The predicted octanol–water partition coefficient (Wildman–Crippen LogP) is 4.66. The van der Waals surface area contributed by atoms with Gasteiger partial charge in [-0.15, -0.1) is 0 Å². The lowest BCUT2D eigenvalue weighted by atomic mass is 9.92. The van der Waals surface area contributed by atoms with Gasteiger partial charge in [-0.1, -0.05) is 38.1 Å². The van der Waals surface area contributed by atoms with Gasteiger partial charge in [-0.2, -0.15) is 0 Å². The van der Waals surface area contributed by atoms with Crippen LogP contribution in [-0.2, 0) is 14.3 Å². The van der Waals surface area contributed by atoms with E-state index < -0.39 is 17.7 Å². The van der Waals surface area contributed by atoms with E-state index in [0.717, 1.165) is 37.2 Å². The molecule has 1 amide bonds. The molecule has 2 heterocycles. The summed E-state index contributed by atoms with van der Waals surface area (Å²) >= 11 is 0. The fourth-order valence-electron chi connectivity index (χ4n) is 5.11. The highest BCUT2D eigenvalue weighted by molar-refractivity contribution is 6.46. The van der Waals surface area contributed by atoms with Crippen molar-refractivity contribution in [2.45, 2.75) is 46.1 Å². The third kappa shape index (κ3) is 5.89. The van der Waals surface area contributed by atoms with Crippen molar-refractivity contribution >= 4 is 17.4 Å². The SMILES string of the molecule is CCOc1ccc(/C(O)=C2/C(=O)C(=O)N(CCCN3CCOCC3)C2c2ccc(C(C)C)cc2)c(C)c1. The Morgan fingerprint density at radius 2 is 1.78 bits per heavy atom. The number of carbonyl (C=O) groups excluding carboxylic acids is 2. The summed E-state index contributed by atoms with van der Waals surface area (Å²) in [6.07, 6.45) is 0.732. The van der Waals surface area contributed by atoms with Crippen molar-refractivity contribution in [3.05, 3.63) is 70.3 Å². The fourth-order valence-corrected chi connectivity index (χ4v) is 5.11. The van der Waals surface area contributed by atoms with Crippen LogP contribution in [0.15, 0.2) is 48.0 Å². The summed E-state index contributed by atoms with van der Waals surface area (Å²) in [6.45, 7) is 13.0. The number of Topliss-reactive ketones (excluding diaryl/α,β-unsaturated/α-hetero) is 1. The van der Waals surface area contributed by atoms with Gasteiger partial charge in [-0.25, -0.2) is 0 Å². The molecule has 0 spiro atoms. The van der Waals surface area contributed by atoms with Crippen molar-refractivity contribution in [3.8, 4) is 5.75 Å². The number of aliphatic hydroxyl groups is 1. The van der Waals surface area contributed by atoms with E-state index in [1.807, 2.05) is 44.2 Å². The molecule has 2 aliphatic rings. The van der Waals surface area contributed by atoms with Crippen molar-refractivity contribution in [1.29, 1.82) is 0 Å². The maximum atomic E-state index is 13.4. The van der Waals surface area contributed by atoms with Gasteiger partial charge in [0.05, 0.1) is 31.4 Å². The van der Waals surface area contributed by atoms with Crippen LogP contribution in [0.25, 0.3) is 5.76 Å². The van der Waals surface area contributed by atoms with Crippen molar-refractivity contribution < 1.29 is 24.2 Å². The van der Waals surface area contributed by atoms with E-state index in [1.165, 1.54) is 5.56 Å². The molecule has 0 aromatic heterocycles. The number of aliphatic hydroxyl groups excluding tert-OH is 1. The first-order chi connectivity index (χ1) is 17.8.